The van der Waals surface area contributed by atoms with Gasteiger partial charge >= 0.3 is 0 Å². The van der Waals surface area contributed by atoms with Crippen molar-refractivity contribution < 1.29 is 0 Å². The topological polar surface area (TPSA) is 67.1 Å². The largest absolute Gasteiger partial charge is 0.356 e. The summed E-state index contributed by atoms with van der Waals surface area (Å²) in [5.41, 5.74) is 1.15. The molecule has 0 bridgehead atoms. The number of guanidine groups is 1. The highest BCUT2D eigenvalue weighted by molar-refractivity contribution is 5.79. The Morgan fingerprint density at radius 1 is 1.28 bits per heavy atom. The molecule has 2 aromatic heterocycles. The third kappa shape index (κ3) is 5.31. The maximum Gasteiger partial charge on any atom is 0.191 e. The van der Waals surface area contributed by atoms with E-state index in [2.05, 4.69) is 25.7 Å². The number of nitrogens with zero attached hydrogens (tertiary/aromatic N) is 4. The Morgan fingerprint density at radius 3 is 2.92 bits per heavy atom. The molecule has 6 nitrogen and oxygen atoms in total. The number of hydrogen-bond acceptors (Lipinski definition) is 3. The molecule has 0 spiro atoms. The van der Waals surface area contributed by atoms with Gasteiger partial charge < -0.3 is 10.6 Å². The molecule has 134 valence electrons. The summed E-state index contributed by atoms with van der Waals surface area (Å²) in [6, 6.07) is 5.94. The highest BCUT2D eigenvalue weighted by atomic mass is 15.3. The summed E-state index contributed by atoms with van der Waals surface area (Å²) in [5, 5.41) is 11.0. The van der Waals surface area contributed by atoms with Crippen molar-refractivity contribution in [2.45, 2.75) is 45.1 Å². The Labute approximate surface area is 149 Å². The van der Waals surface area contributed by atoms with Crippen molar-refractivity contribution in [3.63, 3.8) is 0 Å². The van der Waals surface area contributed by atoms with Crippen LogP contribution in [0.15, 0.2) is 41.8 Å². The molecule has 0 unspecified atom stereocenters. The van der Waals surface area contributed by atoms with Crippen LogP contribution in [0, 0.1) is 5.92 Å². The number of aliphatic imine (C=N–C) groups is 1. The third-order valence-corrected chi connectivity index (χ3v) is 4.79. The lowest BCUT2D eigenvalue weighted by atomic mass is 10.0. The molecule has 2 heterocycles. The molecule has 1 aliphatic rings. The van der Waals surface area contributed by atoms with Gasteiger partial charge in [0.1, 0.15) is 0 Å². The minimum atomic E-state index is 0.707. The van der Waals surface area contributed by atoms with Crippen molar-refractivity contribution in [1.29, 1.82) is 0 Å². The highest BCUT2D eigenvalue weighted by Gasteiger charge is 2.14. The molecule has 0 aromatic carbocycles. The second kappa shape index (κ2) is 9.20. The average Bonchev–Trinajstić information content (AvgIpc) is 3.35. The van der Waals surface area contributed by atoms with Gasteiger partial charge in [0.25, 0.3) is 0 Å². The van der Waals surface area contributed by atoms with E-state index in [9.17, 15) is 0 Å². The van der Waals surface area contributed by atoms with Gasteiger partial charge in [0, 0.05) is 38.7 Å². The van der Waals surface area contributed by atoms with Gasteiger partial charge in [-0.25, -0.2) is 9.67 Å². The van der Waals surface area contributed by atoms with Gasteiger partial charge in [0.15, 0.2) is 11.8 Å². The third-order valence-electron chi connectivity index (χ3n) is 4.79. The van der Waals surface area contributed by atoms with Crippen molar-refractivity contribution in [3.05, 3.63) is 42.4 Å². The fourth-order valence-electron chi connectivity index (χ4n) is 3.40. The molecule has 25 heavy (non-hydrogen) atoms. The van der Waals surface area contributed by atoms with Crippen LogP contribution < -0.4 is 10.6 Å². The molecule has 0 aliphatic heterocycles. The molecule has 2 N–H and O–H groups in total. The Morgan fingerprint density at radius 2 is 2.16 bits per heavy atom. The molecule has 1 aliphatic carbocycles. The zero-order chi connectivity index (χ0) is 17.3. The van der Waals surface area contributed by atoms with Crippen LogP contribution in [-0.2, 0) is 6.54 Å². The van der Waals surface area contributed by atoms with Gasteiger partial charge in [-0.3, -0.25) is 4.99 Å². The van der Waals surface area contributed by atoms with Crippen molar-refractivity contribution in [2.75, 3.05) is 13.6 Å². The number of pyridine rings is 1. The first-order valence-corrected chi connectivity index (χ1v) is 9.24. The zero-order valence-corrected chi connectivity index (χ0v) is 15.0. The quantitative estimate of drug-likeness (QED) is 0.462. The van der Waals surface area contributed by atoms with Crippen molar-refractivity contribution in [2.24, 2.45) is 10.9 Å². The fraction of sp³-hybridized carbons (Fsp3) is 0.526. The molecule has 0 saturated heterocycles. The average molecular weight is 340 g/mol. The smallest absolute Gasteiger partial charge is 0.191 e. The van der Waals surface area contributed by atoms with E-state index in [1.807, 2.05) is 37.6 Å². The van der Waals surface area contributed by atoms with Crippen LogP contribution in [0.25, 0.3) is 5.82 Å². The summed E-state index contributed by atoms with van der Waals surface area (Å²) in [5.74, 6) is 2.63. The van der Waals surface area contributed by atoms with E-state index in [4.69, 9.17) is 0 Å². The minimum Gasteiger partial charge on any atom is -0.356 e. The van der Waals surface area contributed by atoms with Gasteiger partial charge in [-0.2, -0.15) is 5.10 Å². The summed E-state index contributed by atoms with van der Waals surface area (Å²) in [6.45, 7) is 1.68. The lowest BCUT2D eigenvalue weighted by Crippen LogP contribution is -2.37. The van der Waals surface area contributed by atoms with Gasteiger partial charge in [0.2, 0.25) is 0 Å². The van der Waals surface area contributed by atoms with E-state index >= 15 is 0 Å². The van der Waals surface area contributed by atoms with Crippen molar-refractivity contribution in [3.8, 4) is 5.82 Å². The molecule has 3 rings (SSSR count). The van der Waals surface area contributed by atoms with Gasteiger partial charge in [-0.1, -0.05) is 25.7 Å². The molecule has 1 fully saturated rings. The predicted octanol–water partition coefficient (Wildman–Crippen LogP) is 2.90. The molecule has 0 atom stereocenters. The molecule has 0 amide bonds. The van der Waals surface area contributed by atoms with E-state index in [-0.39, 0.29) is 0 Å². The van der Waals surface area contributed by atoms with Crippen LogP contribution in [0.3, 0.4) is 0 Å². The lowest BCUT2D eigenvalue weighted by molar-refractivity contribution is 0.481. The van der Waals surface area contributed by atoms with E-state index in [1.165, 1.54) is 38.5 Å². The standard InChI is InChI=1S/C19H28N6/c1-20-19(22-10-4-8-16-6-2-3-7-16)23-15-17-9-12-21-18(14-17)25-13-5-11-24-25/h5,9,11-14,16H,2-4,6-8,10,15H2,1H3,(H2,20,22,23). The second-order valence-electron chi connectivity index (χ2n) is 6.62. The SMILES string of the molecule is CN=C(NCCCC1CCCC1)NCc1ccnc(-n2cccn2)c1. The van der Waals surface area contributed by atoms with E-state index in [0.717, 1.165) is 29.8 Å². The van der Waals surface area contributed by atoms with Crippen molar-refractivity contribution >= 4 is 5.96 Å². The monoisotopic (exact) mass is 340 g/mol. The molecule has 2 aromatic rings. The van der Waals surface area contributed by atoms with E-state index < -0.39 is 0 Å². The van der Waals surface area contributed by atoms with Crippen LogP contribution in [-0.4, -0.2) is 34.3 Å². The minimum absolute atomic E-state index is 0.707. The Kier molecular flexibility index (Phi) is 6.42. The summed E-state index contributed by atoms with van der Waals surface area (Å²) < 4.78 is 1.76. The maximum absolute atomic E-state index is 4.35. The van der Waals surface area contributed by atoms with Gasteiger partial charge in [-0.05, 0) is 42.5 Å². The molecular formula is C19H28N6. The molecular weight excluding hydrogens is 312 g/mol. The fourth-order valence-corrected chi connectivity index (χ4v) is 3.40. The van der Waals surface area contributed by atoms with Crippen LogP contribution in [0.4, 0.5) is 0 Å². The van der Waals surface area contributed by atoms with E-state index in [0.29, 0.717) is 6.54 Å². The Bertz CT molecular complexity index is 658. The first-order valence-electron chi connectivity index (χ1n) is 9.24. The van der Waals surface area contributed by atoms with Crippen LogP contribution in [0.1, 0.15) is 44.1 Å². The number of nitrogens with one attached hydrogen (secondary N) is 2. The molecule has 1 saturated carbocycles. The first-order chi connectivity index (χ1) is 12.3. The lowest BCUT2D eigenvalue weighted by Gasteiger charge is -2.13. The van der Waals surface area contributed by atoms with Crippen LogP contribution in [0.2, 0.25) is 0 Å². The number of rotatable bonds is 7. The number of aromatic nitrogens is 3. The first kappa shape index (κ1) is 17.5. The summed E-state index contributed by atoms with van der Waals surface area (Å²) >= 11 is 0. The van der Waals surface area contributed by atoms with Crippen LogP contribution in [0.5, 0.6) is 0 Å². The Hall–Kier alpha value is -2.37. The normalized spacial score (nSPS) is 15.5. The number of hydrogen-bond donors (Lipinski definition) is 2. The van der Waals surface area contributed by atoms with Gasteiger partial charge in [0.05, 0.1) is 0 Å². The second-order valence-corrected chi connectivity index (χ2v) is 6.62. The summed E-state index contributed by atoms with van der Waals surface area (Å²) in [4.78, 5) is 8.66. The van der Waals surface area contributed by atoms with E-state index in [1.54, 1.807) is 10.9 Å². The molecule has 6 heteroatoms. The van der Waals surface area contributed by atoms with Gasteiger partial charge in [-0.15, -0.1) is 0 Å². The van der Waals surface area contributed by atoms with Crippen LogP contribution >= 0.6 is 0 Å². The predicted molar refractivity (Wildman–Crippen MR) is 101 cm³/mol. The zero-order valence-electron chi connectivity index (χ0n) is 15.0. The van der Waals surface area contributed by atoms with Crippen molar-refractivity contribution in [1.82, 2.24) is 25.4 Å². The highest BCUT2D eigenvalue weighted by Crippen LogP contribution is 2.28. The summed E-state index contributed by atoms with van der Waals surface area (Å²) in [6.07, 6.45) is 13.7. The maximum atomic E-state index is 4.35. The Balaban J connectivity index is 1.42. The summed E-state index contributed by atoms with van der Waals surface area (Å²) in [7, 11) is 1.81. The molecule has 0 radical (unpaired) electrons.